The molecule has 57 heavy (non-hydrogen) atoms. The highest BCUT2D eigenvalue weighted by molar-refractivity contribution is 6.00. The zero-order valence-corrected chi connectivity index (χ0v) is 30.7. The standard InChI is InChI=1S/C39H42F9N5O4/c40-34(41)37(44,45)19-52-9-5-25(6-10-52)57-26-1-2-27-29(18-53(30(27)16-26)24-3-7-36(42,43)8-4-24)32-49-17-28(31(50-32)39(46,47)48)33(54)51-38(35(55)56)22-12-20-11-21(14-22)15-23(38)13-20/h1-2,16-18,20-25,34H,3-15,19H2,(H,51,54)(H,55,56). The van der Waals surface area contributed by atoms with Gasteiger partial charge in [-0.25, -0.2) is 32.3 Å². The topological polar surface area (TPSA) is 110 Å². The molecule has 0 atom stereocenters. The number of carbonyl (C=O) groups is 2. The van der Waals surface area contributed by atoms with E-state index in [9.17, 15) is 54.2 Å². The van der Waals surface area contributed by atoms with E-state index in [1.807, 2.05) is 0 Å². The van der Waals surface area contributed by atoms with Crippen LogP contribution >= 0.6 is 0 Å². The highest BCUT2D eigenvalue weighted by Crippen LogP contribution is 2.58. The van der Waals surface area contributed by atoms with Crippen LogP contribution < -0.4 is 10.1 Å². The van der Waals surface area contributed by atoms with Crippen LogP contribution in [0.5, 0.6) is 5.75 Å². The molecule has 0 spiro atoms. The molecule has 0 unspecified atom stereocenters. The van der Waals surface area contributed by atoms with Gasteiger partial charge in [-0.1, -0.05) is 0 Å². The first kappa shape index (κ1) is 39.7. The molecule has 5 saturated carbocycles. The molecule has 1 amide bonds. The number of likely N-dealkylation sites (tertiary alicyclic amines) is 1. The predicted octanol–water partition coefficient (Wildman–Crippen LogP) is 8.62. The van der Waals surface area contributed by atoms with E-state index in [2.05, 4.69) is 15.3 Å². The lowest BCUT2D eigenvalue weighted by atomic mass is 9.48. The Morgan fingerprint density at radius 3 is 2.16 bits per heavy atom. The number of rotatable bonds is 10. The van der Waals surface area contributed by atoms with Crippen molar-refractivity contribution in [3.05, 3.63) is 41.9 Å². The molecule has 6 aliphatic rings. The monoisotopic (exact) mass is 815 g/mol. The van der Waals surface area contributed by atoms with Crippen LogP contribution in [0.15, 0.2) is 30.6 Å². The Balaban J connectivity index is 1.09. The SMILES string of the molecule is O=C(NC1(C(=O)O)C2CC3CC(C2)CC1C3)c1cnc(-c2cn(C3CCC(F)(F)CC3)c3cc(OC4CCN(CC(F)(F)C(F)F)CC4)ccc23)nc1C(F)(F)F. The molecule has 3 aromatic rings. The van der Waals surface area contributed by atoms with Crippen LogP contribution in [0.1, 0.15) is 92.7 Å². The maximum absolute atomic E-state index is 14.8. The summed E-state index contributed by atoms with van der Waals surface area (Å²) in [6, 6.07) is 4.24. The lowest BCUT2D eigenvalue weighted by molar-refractivity contribution is -0.163. The molecule has 5 aliphatic carbocycles. The van der Waals surface area contributed by atoms with Crippen LogP contribution in [0, 0.1) is 23.7 Å². The van der Waals surface area contributed by atoms with E-state index >= 15 is 0 Å². The first-order chi connectivity index (χ1) is 26.8. The van der Waals surface area contributed by atoms with Crippen LogP contribution in [0.2, 0.25) is 0 Å². The number of aliphatic carboxylic acids is 1. The third-order valence-corrected chi connectivity index (χ3v) is 13.1. The number of carbonyl (C=O) groups excluding carboxylic acids is 1. The van der Waals surface area contributed by atoms with E-state index in [0.29, 0.717) is 54.2 Å². The van der Waals surface area contributed by atoms with Gasteiger partial charge in [0.15, 0.2) is 11.5 Å². The van der Waals surface area contributed by atoms with E-state index < -0.39 is 102 Å². The minimum Gasteiger partial charge on any atom is -0.490 e. The number of ether oxygens (including phenoxy) is 1. The smallest absolute Gasteiger partial charge is 0.434 e. The highest BCUT2D eigenvalue weighted by Gasteiger charge is 2.62. The van der Waals surface area contributed by atoms with Crippen molar-refractivity contribution in [1.29, 1.82) is 0 Å². The zero-order valence-electron chi connectivity index (χ0n) is 30.7. The fraction of sp³-hybridized carbons (Fsp3) is 0.641. The number of fused-ring (bicyclic) bond motifs is 1. The summed E-state index contributed by atoms with van der Waals surface area (Å²) in [6.07, 6.45) is -4.09. The lowest BCUT2D eigenvalue weighted by Gasteiger charge is -2.59. The number of nitrogens with one attached hydrogen (secondary N) is 1. The summed E-state index contributed by atoms with van der Waals surface area (Å²) >= 11 is 0. The quantitative estimate of drug-likeness (QED) is 0.197. The van der Waals surface area contributed by atoms with Crippen molar-refractivity contribution < 1.29 is 58.9 Å². The summed E-state index contributed by atoms with van der Waals surface area (Å²) < 4.78 is 133. The molecule has 6 fully saturated rings. The molecule has 9 nitrogen and oxygen atoms in total. The fourth-order valence-corrected chi connectivity index (χ4v) is 10.5. The third-order valence-electron chi connectivity index (χ3n) is 13.1. The van der Waals surface area contributed by atoms with E-state index in [1.165, 1.54) is 11.1 Å². The molecule has 310 valence electrons. The Hall–Kier alpha value is -4.09. The van der Waals surface area contributed by atoms with Crippen LogP contribution in [0.4, 0.5) is 39.5 Å². The zero-order chi connectivity index (χ0) is 40.7. The van der Waals surface area contributed by atoms with Crippen molar-refractivity contribution in [2.45, 2.75) is 113 Å². The average Bonchev–Trinajstić information content (AvgIpc) is 3.51. The predicted molar refractivity (Wildman–Crippen MR) is 186 cm³/mol. The molecule has 18 heteroatoms. The number of hydrogen-bond acceptors (Lipinski definition) is 6. The Morgan fingerprint density at radius 2 is 1.58 bits per heavy atom. The minimum atomic E-state index is -5.15. The molecule has 3 heterocycles. The van der Waals surface area contributed by atoms with E-state index in [-0.39, 0.29) is 44.3 Å². The Bertz CT molecular complexity index is 1990. The number of alkyl halides is 9. The molecule has 1 aromatic carbocycles. The molecular formula is C39H42F9N5O4. The number of hydrogen-bond donors (Lipinski definition) is 2. The molecule has 1 aliphatic heterocycles. The maximum atomic E-state index is 14.8. The molecule has 1 saturated heterocycles. The van der Waals surface area contributed by atoms with Gasteiger partial charge in [-0.2, -0.15) is 22.0 Å². The summed E-state index contributed by atoms with van der Waals surface area (Å²) in [5.74, 6) is -9.79. The number of aromatic nitrogens is 3. The molecule has 0 radical (unpaired) electrons. The summed E-state index contributed by atoms with van der Waals surface area (Å²) in [4.78, 5) is 35.9. The van der Waals surface area contributed by atoms with Gasteiger partial charge in [-0.05, 0) is 93.6 Å². The van der Waals surface area contributed by atoms with E-state index in [1.54, 1.807) is 22.8 Å². The van der Waals surface area contributed by atoms with Crippen molar-refractivity contribution in [2.75, 3.05) is 19.6 Å². The second-order valence-corrected chi connectivity index (χ2v) is 16.8. The largest absolute Gasteiger partial charge is 0.490 e. The van der Waals surface area contributed by atoms with Crippen molar-refractivity contribution >= 4 is 22.8 Å². The van der Waals surface area contributed by atoms with Crippen LogP contribution in [0.3, 0.4) is 0 Å². The van der Waals surface area contributed by atoms with Gasteiger partial charge in [0.1, 0.15) is 17.4 Å². The number of halogens is 9. The number of nitrogens with zero attached hydrogens (tertiary/aromatic N) is 4. The number of benzene rings is 1. The number of carboxylic acid groups (broad SMARTS) is 1. The van der Waals surface area contributed by atoms with Gasteiger partial charge in [-0.15, -0.1) is 0 Å². The van der Waals surface area contributed by atoms with Gasteiger partial charge in [-0.3, -0.25) is 9.69 Å². The molecular weight excluding hydrogens is 773 g/mol. The Morgan fingerprint density at radius 1 is 0.947 bits per heavy atom. The molecule has 2 aromatic heterocycles. The van der Waals surface area contributed by atoms with Crippen LogP contribution in [-0.4, -0.2) is 86.0 Å². The third kappa shape index (κ3) is 7.43. The van der Waals surface area contributed by atoms with Gasteiger partial charge in [0.2, 0.25) is 5.92 Å². The second kappa shape index (κ2) is 14.3. The van der Waals surface area contributed by atoms with Gasteiger partial charge in [0, 0.05) is 61.4 Å². The summed E-state index contributed by atoms with van der Waals surface area (Å²) in [7, 11) is 0. The average molecular weight is 816 g/mol. The van der Waals surface area contributed by atoms with Crippen molar-refractivity contribution in [1.82, 2.24) is 24.8 Å². The number of amides is 1. The van der Waals surface area contributed by atoms with Crippen molar-refractivity contribution in [2.24, 2.45) is 23.7 Å². The lowest BCUT2D eigenvalue weighted by Crippen LogP contribution is -2.70. The first-order valence-electron chi connectivity index (χ1n) is 19.4. The number of piperidine rings is 1. The van der Waals surface area contributed by atoms with E-state index in [0.717, 1.165) is 12.6 Å². The van der Waals surface area contributed by atoms with Gasteiger partial charge >= 0.3 is 24.5 Å². The summed E-state index contributed by atoms with van der Waals surface area (Å²) in [5, 5.41) is 13.4. The Kier molecular flexibility index (Phi) is 9.98. The van der Waals surface area contributed by atoms with Crippen molar-refractivity contribution in [3.8, 4) is 17.1 Å². The maximum Gasteiger partial charge on any atom is 0.434 e. The summed E-state index contributed by atoms with van der Waals surface area (Å²) in [5.41, 5.74) is -3.63. The fourth-order valence-electron chi connectivity index (χ4n) is 10.5. The van der Waals surface area contributed by atoms with Gasteiger partial charge in [0.05, 0.1) is 17.6 Å². The van der Waals surface area contributed by atoms with E-state index in [4.69, 9.17) is 4.74 Å². The molecule has 2 N–H and O–H groups in total. The van der Waals surface area contributed by atoms with Crippen LogP contribution in [0.25, 0.3) is 22.3 Å². The molecule has 9 rings (SSSR count). The summed E-state index contributed by atoms with van der Waals surface area (Å²) in [6.45, 7) is -0.925. The highest BCUT2D eigenvalue weighted by atomic mass is 19.4. The van der Waals surface area contributed by atoms with Gasteiger partial charge in [0.25, 0.3) is 5.91 Å². The first-order valence-corrected chi connectivity index (χ1v) is 19.4. The second-order valence-electron chi connectivity index (χ2n) is 16.8. The van der Waals surface area contributed by atoms with Gasteiger partial charge < -0.3 is 19.7 Å². The Labute approximate surface area is 321 Å². The van der Waals surface area contributed by atoms with Crippen molar-refractivity contribution in [3.63, 3.8) is 0 Å². The van der Waals surface area contributed by atoms with Crippen LogP contribution in [-0.2, 0) is 11.0 Å². The normalized spacial score (nSPS) is 28.3. The number of carboxylic acids is 1. The minimum absolute atomic E-state index is 0.0611. The molecule has 4 bridgehead atoms.